The van der Waals surface area contributed by atoms with Crippen LogP contribution in [0.3, 0.4) is 0 Å². The second-order valence-corrected chi connectivity index (χ2v) is 5.74. The Morgan fingerprint density at radius 1 is 1.29 bits per heavy atom. The predicted molar refractivity (Wildman–Crippen MR) is 82.1 cm³/mol. The van der Waals surface area contributed by atoms with E-state index in [0.717, 1.165) is 24.1 Å². The van der Waals surface area contributed by atoms with Gasteiger partial charge < -0.3 is 5.73 Å². The quantitative estimate of drug-likeness (QED) is 0.918. The number of fused-ring (bicyclic) bond motifs is 1. The van der Waals surface area contributed by atoms with Gasteiger partial charge in [-0.3, -0.25) is 9.47 Å². The third-order valence-electron chi connectivity index (χ3n) is 4.55. The maximum absolute atomic E-state index is 12.8. The molecule has 2 fully saturated rings. The van der Waals surface area contributed by atoms with Gasteiger partial charge in [0, 0.05) is 31.5 Å². The van der Waals surface area contributed by atoms with Crippen molar-refractivity contribution in [2.24, 2.45) is 17.6 Å². The van der Waals surface area contributed by atoms with E-state index in [1.165, 1.54) is 25.2 Å². The van der Waals surface area contributed by atoms with Crippen molar-refractivity contribution in [2.45, 2.75) is 38.4 Å². The molecule has 1 aliphatic carbocycles. The molecule has 2 aliphatic rings. The first-order chi connectivity index (χ1) is 9.15. The number of nitrogens with two attached hydrogens (primary N) is 1. The van der Waals surface area contributed by atoms with Gasteiger partial charge in [-0.2, -0.15) is 8.78 Å². The Hall–Kier alpha value is -0.430. The normalized spacial score (nSPS) is 28.9. The number of hydrogen-bond donors (Lipinski definition) is 1. The van der Waals surface area contributed by atoms with E-state index in [2.05, 4.69) is 9.88 Å². The van der Waals surface area contributed by atoms with Crippen LogP contribution in [0.25, 0.3) is 0 Å². The van der Waals surface area contributed by atoms with Crippen LogP contribution >= 0.6 is 24.8 Å². The third-order valence-corrected chi connectivity index (χ3v) is 4.55. The van der Waals surface area contributed by atoms with Crippen molar-refractivity contribution in [3.63, 3.8) is 0 Å². The van der Waals surface area contributed by atoms with Gasteiger partial charge in [0.1, 0.15) is 5.82 Å². The number of imidazole rings is 1. The molecule has 2 N–H and O–H groups in total. The fourth-order valence-electron chi connectivity index (χ4n) is 3.58. The van der Waals surface area contributed by atoms with Crippen molar-refractivity contribution >= 4 is 24.8 Å². The summed E-state index contributed by atoms with van der Waals surface area (Å²) in [6, 6.07) is 0.276. The van der Waals surface area contributed by atoms with Crippen LogP contribution in [0, 0.1) is 11.8 Å². The Bertz CT molecular complexity index is 444. The van der Waals surface area contributed by atoms with Crippen molar-refractivity contribution in [1.29, 1.82) is 0 Å². The summed E-state index contributed by atoms with van der Waals surface area (Å²) in [5, 5.41) is 0. The SMILES string of the molecule is Cl.Cl.NC1CCCC2CN(Cc3nccn3C(F)F)CC12. The van der Waals surface area contributed by atoms with Gasteiger partial charge in [-0.15, -0.1) is 24.8 Å². The van der Waals surface area contributed by atoms with E-state index in [9.17, 15) is 8.78 Å². The molecule has 1 aromatic rings. The summed E-state index contributed by atoms with van der Waals surface area (Å²) in [6.07, 6.45) is 6.30. The second-order valence-electron chi connectivity index (χ2n) is 5.74. The molecule has 1 saturated heterocycles. The lowest BCUT2D eigenvalue weighted by Gasteiger charge is -2.29. The molecule has 3 atom stereocenters. The van der Waals surface area contributed by atoms with E-state index < -0.39 is 6.55 Å². The lowest BCUT2D eigenvalue weighted by atomic mass is 9.78. The van der Waals surface area contributed by atoms with Crippen molar-refractivity contribution in [1.82, 2.24) is 14.5 Å². The van der Waals surface area contributed by atoms with E-state index in [1.807, 2.05) is 0 Å². The van der Waals surface area contributed by atoms with Gasteiger partial charge in [-0.05, 0) is 24.7 Å². The Morgan fingerprint density at radius 2 is 2.05 bits per heavy atom. The molecule has 1 aliphatic heterocycles. The zero-order valence-electron chi connectivity index (χ0n) is 11.7. The van der Waals surface area contributed by atoms with Gasteiger partial charge in [-0.1, -0.05) is 6.42 Å². The van der Waals surface area contributed by atoms with Crippen LogP contribution in [-0.2, 0) is 6.54 Å². The highest BCUT2D eigenvalue weighted by molar-refractivity contribution is 5.85. The zero-order chi connectivity index (χ0) is 13.4. The molecule has 3 rings (SSSR count). The molecule has 21 heavy (non-hydrogen) atoms. The van der Waals surface area contributed by atoms with Gasteiger partial charge in [0.15, 0.2) is 0 Å². The number of nitrogens with zero attached hydrogens (tertiary/aromatic N) is 3. The highest BCUT2D eigenvalue weighted by atomic mass is 35.5. The summed E-state index contributed by atoms with van der Waals surface area (Å²) < 4.78 is 26.5. The van der Waals surface area contributed by atoms with Crippen molar-refractivity contribution < 1.29 is 8.78 Å². The number of hydrogen-bond acceptors (Lipinski definition) is 3. The zero-order valence-corrected chi connectivity index (χ0v) is 13.3. The van der Waals surface area contributed by atoms with Crippen LogP contribution in [0.5, 0.6) is 0 Å². The summed E-state index contributed by atoms with van der Waals surface area (Å²) in [4.78, 5) is 6.27. The molecule has 3 unspecified atom stereocenters. The minimum absolute atomic E-state index is 0. The van der Waals surface area contributed by atoms with E-state index in [0.29, 0.717) is 24.2 Å². The summed E-state index contributed by atoms with van der Waals surface area (Å²) in [6.45, 7) is -0.127. The van der Waals surface area contributed by atoms with Crippen LogP contribution in [0.2, 0.25) is 0 Å². The Balaban J connectivity index is 0.00000110. The molecule has 0 amide bonds. The Morgan fingerprint density at radius 3 is 2.71 bits per heavy atom. The monoisotopic (exact) mass is 342 g/mol. The summed E-state index contributed by atoms with van der Waals surface area (Å²) in [5.74, 6) is 1.62. The minimum Gasteiger partial charge on any atom is -0.327 e. The first kappa shape index (κ1) is 18.6. The predicted octanol–water partition coefficient (Wildman–Crippen LogP) is 2.68. The summed E-state index contributed by atoms with van der Waals surface area (Å²) in [5.41, 5.74) is 6.17. The van der Waals surface area contributed by atoms with Crippen molar-refractivity contribution in [2.75, 3.05) is 13.1 Å². The van der Waals surface area contributed by atoms with Crippen molar-refractivity contribution in [3.05, 3.63) is 18.2 Å². The smallest absolute Gasteiger partial charge is 0.319 e. The lowest BCUT2D eigenvalue weighted by molar-refractivity contribution is 0.0644. The second kappa shape index (κ2) is 7.72. The molecule has 1 saturated carbocycles. The first-order valence-electron chi connectivity index (χ1n) is 6.93. The standard InChI is InChI=1S/C13H20F2N4.2ClH/c14-13(15)19-5-4-17-12(19)8-18-6-9-2-1-3-11(16)10(9)7-18;;/h4-5,9-11,13H,1-3,6-8,16H2;2*1H. The van der Waals surface area contributed by atoms with Crippen LogP contribution in [0.4, 0.5) is 8.78 Å². The van der Waals surface area contributed by atoms with Crippen LogP contribution < -0.4 is 5.73 Å². The minimum atomic E-state index is -2.51. The van der Waals surface area contributed by atoms with E-state index in [4.69, 9.17) is 5.73 Å². The first-order valence-corrected chi connectivity index (χ1v) is 6.93. The fourth-order valence-corrected chi connectivity index (χ4v) is 3.58. The highest BCUT2D eigenvalue weighted by Gasteiger charge is 2.38. The average molecular weight is 343 g/mol. The van der Waals surface area contributed by atoms with Gasteiger partial charge in [0.2, 0.25) is 0 Å². The number of rotatable bonds is 3. The van der Waals surface area contributed by atoms with Crippen molar-refractivity contribution in [3.8, 4) is 0 Å². The lowest BCUT2D eigenvalue weighted by Crippen LogP contribution is -2.38. The molecule has 0 radical (unpaired) electrons. The molecule has 0 aromatic carbocycles. The number of alkyl halides is 2. The number of aromatic nitrogens is 2. The van der Waals surface area contributed by atoms with Crippen LogP contribution in [0.15, 0.2) is 12.4 Å². The van der Waals surface area contributed by atoms with Gasteiger partial charge in [0.05, 0.1) is 6.54 Å². The summed E-state index contributed by atoms with van der Waals surface area (Å²) in [7, 11) is 0. The molecule has 0 bridgehead atoms. The molecule has 2 heterocycles. The summed E-state index contributed by atoms with van der Waals surface area (Å²) >= 11 is 0. The number of halogens is 4. The number of likely N-dealkylation sites (tertiary alicyclic amines) is 1. The average Bonchev–Trinajstić information content (AvgIpc) is 2.96. The molecule has 122 valence electrons. The maximum atomic E-state index is 12.8. The largest absolute Gasteiger partial charge is 0.327 e. The van der Waals surface area contributed by atoms with E-state index in [-0.39, 0.29) is 30.9 Å². The van der Waals surface area contributed by atoms with Crippen LogP contribution in [-0.4, -0.2) is 33.6 Å². The Kier molecular flexibility index (Phi) is 6.84. The molecular formula is C13H22Cl2F2N4. The van der Waals surface area contributed by atoms with Crippen LogP contribution in [0.1, 0.15) is 31.6 Å². The maximum Gasteiger partial charge on any atom is 0.319 e. The molecule has 1 aromatic heterocycles. The van der Waals surface area contributed by atoms with Gasteiger partial charge in [0.25, 0.3) is 0 Å². The van der Waals surface area contributed by atoms with Gasteiger partial charge >= 0.3 is 6.55 Å². The molecule has 4 nitrogen and oxygen atoms in total. The van der Waals surface area contributed by atoms with Gasteiger partial charge in [-0.25, -0.2) is 4.98 Å². The third kappa shape index (κ3) is 3.86. The van der Waals surface area contributed by atoms with E-state index in [1.54, 1.807) is 0 Å². The Labute approximate surface area is 135 Å². The topological polar surface area (TPSA) is 47.1 Å². The highest BCUT2D eigenvalue weighted by Crippen LogP contribution is 2.36. The molecule has 8 heteroatoms. The fraction of sp³-hybridized carbons (Fsp3) is 0.769. The molecule has 0 spiro atoms. The van der Waals surface area contributed by atoms with E-state index >= 15 is 0 Å². The molecular weight excluding hydrogens is 321 g/mol.